The Kier molecular flexibility index (Phi) is 6.49. The van der Waals surface area contributed by atoms with Crippen molar-refractivity contribution in [3.63, 3.8) is 0 Å². The molecule has 2 fully saturated rings. The minimum atomic E-state index is -0.893. The monoisotopic (exact) mass is 491 g/mol. The van der Waals surface area contributed by atoms with Crippen LogP contribution in [0.25, 0.3) is 5.78 Å². The maximum absolute atomic E-state index is 13.5. The number of ether oxygens (including phenoxy) is 2. The van der Waals surface area contributed by atoms with E-state index >= 15 is 0 Å². The lowest BCUT2D eigenvalue weighted by molar-refractivity contribution is -0.185. The molecule has 9 nitrogen and oxygen atoms in total. The fraction of sp³-hybridized carbons (Fsp3) is 0.556. The van der Waals surface area contributed by atoms with Gasteiger partial charge in [-0.25, -0.2) is 9.50 Å². The molecule has 0 aromatic carbocycles. The lowest BCUT2D eigenvalue weighted by Crippen LogP contribution is -2.52. The van der Waals surface area contributed by atoms with Gasteiger partial charge in [-0.3, -0.25) is 14.6 Å². The molecule has 1 saturated carbocycles. The van der Waals surface area contributed by atoms with Crippen molar-refractivity contribution in [2.75, 3.05) is 7.11 Å². The summed E-state index contributed by atoms with van der Waals surface area (Å²) in [5.74, 6) is 0.356. The molecule has 190 valence electrons. The van der Waals surface area contributed by atoms with Gasteiger partial charge in [-0.2, -0.15) is 4.98 Å². The third-order valence-electron chi connectivity index (χ3n) is 7.72. The largest absolute Gasteiger partial charge is 0.495 e. The number of carbonyl (C=O) groups excluding carboxylic acids is 2. The molecule has 2 unspecified atom stereocenters. The normalized spacial score (nSPS) is 22.8. The van der Waals surface area contributed by atoms with Gasteiger partial charge >= 0.3 is 5.97 Å². The predicted octanol–water partition coefficient (Wildman–Crippen LogP) is 3.69. The molecule has 3 aromatic rings. The van der Waals surface area contributed by atoms with Crippen LogP contribution in [0.5, 0.6) is 5.75 Å². The number of hydrogen-bond acceptors (Lipinski definition) is 8. The molecule has 0 bridgehead atoms. The standard InChI is InChI=1S/C27H33N5O4/c1-16-12-19(23(35-4)15-28-16)9-10-27(20-7-5-6-8-20)14-22(33)21(25(34)36-27)13-24-30-26-29-17(2)11-18(3)32(26)31-24/h11-12,15,20-21H,5-10,13-14H2,1-4H3. The van der Waals surface area contributed by atoms with E-state index in [0.717, 1.165) is 48.3 Å². The zero-order valence-corrected chi connectivity index (χ0v) is 21.4. The SMILES string of the molecule is COc1cnc(C)cc1CCC1(C2CCCC2)CC(=O)C(Cc2nc3nc(C)cc(C)n3n2)C(=O)O1. The van der Waals surface area contributed by atoms with E-state index in [1.807, 2.05) is 32.9 Å². The van der Waals surface area contributed by atoms with Crippen molar-refractivity contribution < 1.29 is 19.1 Å². The number of esters is 1. The van der Waals surface area contributed by atoms with Crippen LogP contribution in [0.4, 0.5) is 0 Å². The number of carbonyl (C=O) groups is 2. The Hall–Kier alpha value is -3.36. The van der Waals surface area contributed by atoms with Crippen LogP contribution in [0.15, 0.2) is 18.3 Å². The Bertz CT molecular complexity index is 1290. The highest BCUT2D eigenvalue weighted by Crippen LogP contribution is 2.45. The number of cyclic esters (lactones) is 1. The highest BCUT2D eigenvalue weighted by atomic mass is 16.6. The lowest BCUT2D eigenvalue weighted by atomic mass is 9.73. The van der Waals surface area contributed by atoms with Gasteiger partial charge in [-0.15, -0.1) is 5.10 Å². The summed E-state index contributed by atoms with van der Waals surface area (Å²) < 4.78 is 13.4. The summed E-state index contributed by atoms with van der Waals surface area (Å²) in [7, 11) is 1.63. The number of Topliss-reactive ketones (excluding diaryl/α,β-unsaturated/α-hetero) is 1. The number of aromatic nitrogens is 5. The first kappa shape index (κ1) is 24.3. The van der Waals surface area contributed by atoms with Gasteiger partial charge in [0.15, 0.2) is 11.6 Å². The zero-order valence-electron chi connectivity index (χ0n) is 21.4. The number of nitrogens with zero attached hydrogens (tertiary/aromatic N) is 5. The topological polar surface area (TPSA) is 109 Å². The quantitative estimate of drug-likeness (QED) is 0.364. The van der Waals surface area contributed by atoms with E-state index in [9.17, 15) is 9.59 Å². The summed E-state index contributed by atoms with van der Waals surface area (Å²) in [6.45, 7) is 5.76. The molecule has 1 aliphatic carbocycles. The predicted molar refractivity (Wildman–Crippen MR) is 132 cm³/mol. The van der Waals surface area contributed by atoms with E-state index in [1.165, 1.54) is 0 Å². The van der Waals surface area contributed by atoms with Crippen molar-refractivity contribution in [1.29, 1.82) is 0 Å². The zero-order chi connectivity index (χ0) is 25.4. The second-order valence-corrected chi connectivity index (χ2v) is 10.3. The second kappa shape index (κ2) is 9.59. The minimum Gasteiger partial charge on any atom is -0.495 e. The van der Waals surface area contributed by atoms with Crippen LogP contribution in [0, 0.1) is 32.6 Å². The highest BCUT2D eigenvalue weighted by molar-refractivity contribution is 6.01. The third-order valence-corrected chi connectivity index (χ3v) is 7.72. The molecule has 4 heterocycles. The van der Waals surface area contributed by atoms with E-state index in [4.69, 9.17) is 9.47 Å². The molecule has 0 radical (unpaired) electrons. The molecule has 36 heavy (non-hydrogen) atoms. The first-order chi connectivity index (χ1) is 17.3. The minimum absolute atomic E-state index is 0.0873. The molecule has 2 aliphatic rings. The Balaban J connectivity index is 1.37. The summed E-state index contributed by atoms with van der Waals surface area (Å²) in [4.78, 5) is 40.0. The van der Waals surface area contributed by atoms with Gasteiger partial charge in [0.05, 0.1) is 13.3 Å². The third kappa shape index (κ3) is 4.58. The fourth-order valence-electron chi connectivity index (χ4n) is 5.88. The van der Waals surface area contributed by atoms with Crippen LogP contribution in [-0.4, -0.2) is 49.0 Å². The van der Waals surface area contributed by atoms with Crippen molar-refractivity contribution in [2.45, 2.75) is 77.7 Å². The van der Waals surface area contributed by atoms with Gasteiger partial charge in [0, 0.05) is 29.9 Å². The average Bonchev–Trinajstić information content (AvgIpc) is 3.51. The van der Waals surface area contributed by atoms with Gasteiger partial charge in [-0.05, 0) is 70.1 Å². The molecule has 5 rings (SSSR count). The van der Waals surface area contributed by atoms with Gasteiger partial charge in [0.25, 0.3) is 5.78 Å². The summed E-state index contributed by atoms with van der Waals surface area (Å²) >= 11 is 0. The maximum Gasteiger partial charge on any atom is 0.317 e. The Labute approximate surface area is 210 Å². The van der Waals surface area contributed by atoms with Gasteiger partial charge < -0.3 is 9.47 Å². The van der Waals surface area contributed by atoms with E-state index in [-0.39, 0.29) is 24.5 Å². The summed E-state index contributed by atoms with van der Waals surface area (Å²) in [5, 5.41) is 4.50. The number of rotatable bonds is 7. The van der Waals surface area contributed by atoms with Crippen LogP contribution in [-0.2, 0) is 27.2 Å². The molecule has 3 aromatic heterocycles. The van der Waals surface area contributed by atoms with Crippen LogP contribution < -0.4 is 4.74 Å². The summed E-state index contributed by atoms with van der Waals surface area (Å²) in [6.07, 6.45) is 7.42. The number of fused-ring (bicyclic) bond motifs is 1. The molecule has 2 atom stereocenters. The van der Waals surface area contributed by atoms with Gasteiger partial charge in [-0.1, -0.05) is 12.8 Å². The molecule has 1 aliphatic heterocycles. The van der Waals surface area contributed by atoms with E-state index in [0.29, 0.717) is 30.2 Å². The van der Waals surface area contributed by atoms with E-state index in [1.54, 1.807) is 17.8 Å². The number of aryl methyl sites for hydroxylation is 4. The van der Waals surface area contributed by atoms with E-state index < -0.39 is 17.5 Å². The van der Waals surface area contributed by atoms with Crippen LogP contribution in [0.1, 0.15) is 67.0 Å². The fourth-order valence-corrected chi connectivity index (χ4v) is 5.88. The van der Waals surface area contributed by atoms with Crippen molar-refractivity contribution in [2.24, 2.45) is 11.8 Å². The summed E-state index contributed by atoms with van der Waals surface area (Å²) in [5.41, 5.74) is 2.87. The molecule has 1 saturated heterocycles. The lowest BCUT2D eigenvalue weighted by Gasteiger charge is -2.43. The van der Waals surface area contributed by atoms with Gasteiger partial charge in [0.2, 0.25) is 0 Å². The number of pyridine rings is 1. The van der Waals surface area contributed by atoms with Crippen molar-refractivity contribution >= 4 is 17.5 Å². The first-order valence-electron chi connectivity index (χ1n) is 12.7. The average molecular weight is 492 g/mol. The van der Waals surface area contributed by atoms with Crippen LogP contribution in [0.3, 0.4) is 0 Å². The van der Waals surface area contributed by atoms with Crippen LogP contribution in [0.2, 0.25) is 0 Å². The van der Waals surface area contributed by atoms with E-state index in [2.05, 4.69) is 20.1 Å². The summed E-state index contributed by atoms with van der Waals surface area (Å²) in [6, 6.07) is 3.92. The molecule has 9 heteroatoms. The van der Waals surface area contributed by atoms with Gasteiger partial charge in [0.1, 0.15) is 17.3 Å². The highest BCUT2D eigenvalue weighted by Gasteiger charge is 2.51. The smallest absolute Gasteiger partial charge is 0.317 e. The van der Waals surface area contributed by atoms with Crippen molar-refractivity contribution in [1.82, 2.24) is 24.6 Å². The number of hydrogen-bond donors (Lipinski definition) is 0. The van der Waals surface area contributed by atoms with Crippen LogP contribution >= 0.6 is 0 Å². The van der Waals surface area contributed by atoms with Crippen molar-refractivity contribution in [3.8, 4) is 5.75 Å². The molecular formula is C27H33N5O4. The molecule has 0 spiro atoms. The number of methoxy groups -OCH3 is 1. The second-order valence-electron chi connectivity index (χ2n) is 10.3. The Morgan fingerprint density at radius 1 is 1.11 bits per heavy atom. The molecular weight excluding hydrogens is 458 g/mol. The molecule has 0 N–H and O–H groups in total. The number of ketones is 1. The maximum atomic E-state index is 13.5. The Morgan fingerprint density at radius 3 is 2.61 bits per heavy atom. The Morgan fingerprint density at radius 2 is 1.89 bits per heavy atom. The first-order valence-corrected chi connectivity index (χ1v) is 12.7. The van der Waals surface area contributed by atoms with Crippen molar-refractivity contribution in [3.05, 3.63) is 46.8 Å². The molecule has 0 amide bonds.